The van der Waals surface area contributed by atoms with E-state index in [0.717, 1.165) is 11.6 Å². The number of nitrogens with two attached hydrogens (primary N) is 1. The van der Waals surface area contributed by atoms with Crippen molar-refractivity contribution in [3.8, 4) is 0 Å². The van der Waals surface area contributed by atoms with Gasteiger partial charge in [0, 0.05) is 24.1 Å². The minimum Gasteiger partial charge on any atom is -0.478 e. The standard InChI is InChI=1S/C15H16N2O2/c16-11-14(8-9-15(18)19)12-17-10-4-7-13-5-2-1-3-6-13/h1-9,11-12H,10,16H2,(H,18,19)/b7-4+,9-8+,14-11?,17-12?. The van der Waals surface area contributed by atoms with Crippen molar-refractivity contribution in [2.45, 2.75) is 0 Å². The number of nitrogens with zero attached hydrogens (tertiary/aromatic N) is 1. The van der Waals surface area contributed by atoms with E-state index in [2.05, 4.69) is 4.99 Å². The van der Waals surface area contributed by atoms with Crippen LogP contribution in [0.15, 0.2) is 65.3 Å². The zero-order valence-corrected chi connectivity index (χ0v) is 10.4. The van der Waals surface area contributed by atoms with E-state index in [9.17, 15) is 4.79 Å². The summed E-state index contributed by atoms with van der Waals surface area (Å²) in [6.07, 6.45) is 9.15. The minimum absolute atomic E-state index is 0.507. The van der Waals surface area contributed by atoms with Crippen molar-refractivity contribution in [1.29, 1.82) is 0 Å². The molecule has 0 radical (unpaired) electrons. The number of aliphatic carboxylic acids is 1. The van der Waals surface area contributed by atoms with E-state index in [4.69, 9.17) is 10.8 Å². The second kappa shape index (κ2) is 8.47. The number of carboxylic acids is 1. The smallest absolute Gasteiger partial charge is 0.328 e. The van der Waals surface area contributed by atoms with Gasteiger partial charge in [0.05, 0.1) is 6.54 Å². The molecule has 0 amide bonds. The van der Waals surface area contributed by atoms with Crippen molar-refractivity contribution in [3.05, 3.63) is 65.9 Å². The lowest BCUT2D eigenvalue weighted by molar-refractivity contribution is -0.131. The lowest BCUT2D eigenvalue weighted by Gasteiger charge is -1.91. The molecule has 0 aromatic heterocycles. The molecule has 0 saturated carbocycles. The molecular weight excluding hydrogens is 240 g/mol. The highest BCUT2D eigenvalue weighted by Crippen LogP contribution is 2.00. The maximum atomic E-state index is 10.3. The number of aliphatic imine (C=N–C) groups is 1. The second-order valence-corrected chi connectivity index (χ2v) is 3.65. The van der Waals surface area contributed by atoms with Crippen LogP contribution < -0.4 is 5.73 Å². The van der Waals surface area contributed by atoms with Crippen molar-refractivity contribution in [3.63, 3.8) is 0 Å². The van der Waals surface area contributed by atoms with Crippen molar-refractivity contribution >= 4 is 18.3 Å². The van der Waals surface area contributed by atoms with Gasteiger partial charge >= 0.3 is 5.97 Å². The summed E-state index contributed by atoms with van der Waals surface area (Å²) in [6.45, 7) is 0.507. The molecule has 3 N–H and O–H groups in total. The first-order valence-corrected chi connectivity index (χ1v) is 5.76. The fourth-order valence-corrected chi connectivity index (χ4v) is 1.28. The van der Waals surface area contributed by atoms with E-state index in [1.807, 2.05) is 42.5 Å². The monoisotopic (exact) mass is 256 g/mol. The van der Waals surface area contributed by atoms with Gasteiger partial charge in [0.15, 0.2) is 0 Å². The van der Waals surface area contributed by atoms with Gasteiger partial charge in [0.1, 0.15) is 0 Å². The summed E-state index contributed by atoms with van der Waals surface area (Å²) in [5, 5.41) is 8.48. The Hall–Kier alpha value is -2.62. The van der Waals surface area contributed by atoms with Crippen molar-refractivity contribution in [1.82, 2.24) is 0 Å². The molecule has 0 fully saturated rings. The van der Waals surface area contributed by atoms with Crippen molar-refractivity contribution < 1.29 is 9.90 Å². The van der Waals surface area contributed by atoms with Gasteiger partial charge in [0.2, 0.25) is 0 Å². The lowest BCUT2D eigenvalue weighted by atomic mass is 10.2. The summed E-state index contributed by atoms with van der Waals surface area (Å²) in [5.74, 6) is -1.02. The molecule has 4 heteroatoms. The average Bonchev–Trinajstić information content (AvgIpc) is 2.42. The Morgan fingerprint density at radius 1 is 1.26 bits per heavy atom. The van der Waals surface area contributed by atoms with E-state index < -0.39 is 5.97 Å². The predicted octanol–water partition coefficient (Wildman–Crippen LogP) is 2.25. The number of hydrogen-bond donors (Lipinski definition) is 2. The molecule has 0 spiro atoms. The summed E-state index contributed by atoms with van der Waals surface area (Å²) in [5.41, 5.74) is 7.01. The number of carboxylic acid groups (broad SMARTS) is 1. The molecule has 1 rings (SSSR count). The van der Waals surface area contributed by atoms with Gasteiger partial charge in [-0.05, 0) is 11.6 Å². The Morgan fingerprint density at radius 3 is 2.63 bits per heavy atom. The molecule has 0 bridgehead atoms. The number of rotatable bonds is 6. The van der Waals surface area contributed by atoms with Crippen molar-refractivity contribution in [2.75, 3.05) is 6.54 Å². The summed E-state index contributed by atoms with van der Waals surface area (Å²) in [7, 11) is 0. The molecule has 0 aliphatic heterocycles. The number of allylic oxidation sites excluding steroid dienone is 2. The SMILES string of the molecule is NC=C(C=NC/C=C/c1ccccc1)/C=C/C(=O)O. The van der Waals surface area contributed by atoms with Gasteiger partial charge in [-0.1, -0.05) is 42.5 Å². The van der Waals surface area contributed by atoms with E-state index in [-0.39, 0.29) is 0 Å². The molecule has 0 unspecified atom stereocenters. The summed E-state index contributed by atoms with van der Waals surface area (Å²) >= 11 is 0. The first kappa shape index (κ1) is 14.4. The fourth-order valence-electron chi connectivity index (χ4n) is 1.28. The van der Waals surface area contributed by atoms with Gasteiger partial charge in [0.25, 0.3) is 0 Å². The second-order valence-electron chi connectivity index (χ2n) is 3.65. The van der Waals surface area contributed by atoms with E-state index in [1.54, 1.807) is 0 Å². The molecule has 0 heterocycles. The van der Waals surface area contributed by atoms with Crippen LogP contribution >= 0.6 is 0 Å². The lowest BCUT2D eigenvalue weighted by Crippen LogP contribution is -1.91. The summed E-state index contributed by atoms with van der Waals surface area (Å²) in [6, 6.07) is 9.90. The molecular formula is C15H16N2O2. The van der Waals surface area contributed by atoms with Crippen LogP contribution in [0.5, 0.6) is 0 Å². The number of benzene rings is 1. The van der Waals surface area contributed by atoms with Gasteiger partial charge in [-0.25, -0.2) is 4.79 Å². The molecule has 1 aromatic rings. The molecule has 19 heavy (non-hydrogen) atoms. The van der Waals surface area contributed by atoms with Crippen LogP contribution in [0.4, 0.5) is 0 Å². The van der Waals surface area contributed by atoms with Crippen molar-refractivity contribution in [2.24, 2.45) is 10.7 Å². The Morgan fingerprint density at radius 2 is 2.00 bits per heavy atom. The van der Waals surface area contributed by atoms with Crippen LogP contribution in [-0.2, 0) is 4.79 Å². The average molecular weight is 256 g/mol. The van der Waals surface area contributed by atoms with Crippen LogP contribution in [0.1, 0.15) is 5.56 Å². The first-order chi connectivity index (χ1) is 9.22. The normalized spacial score (nSPS) is 12.7. The Bertz CT molecular complexity index is 514. The minimum atomic E-state index is -1.02. The topological polar surface area (TPSA) is 75.7 Å². The van der Waals surface area contributed by atoms with E-state index >= 15 is 0 Å². The van der Waals surface area contributed by atoms with Crippen LogP contribution in [-0.4, -0.2) is 23.8 Å². The molecule has 0 aliphatic carbocycles. The van der Waals surface area contributed by atoms with Crippen LogP contribution in [0.3, 0.4) is 0 Å². The Kier molecular flexibility index (Phi) is 6.44. The third-order valence-electron chi connectivity index (χ3n) is 2.17. The van der Waals surface area contributed by atoms with Gasteiger partial charge in [-0.3, -0.25) is 4.99 Å². The summed E-state index contributed by atoms with van der Waals surface area (Å²) < 4.78 is 0. The van der Waals surface area contributed by atoms with E-state index in [0.29, 0.717) is 12.1 Å². The highest BCUT2D eigenvalue weighted by atomic mass is 16.4. The highest BCUT2D eigenvalue weighted by Gasteiger charge is 1.88. The largest absolute Gasteiger partial charge is 0.478 e. The van der Waals surface area contributed by atoms with Crippen LogP contribution in [0.25, 0.3) is 6.08 Å². The third kappa shape index (κ3) is 6.63. The third-order valence-corrected chi connectivity index (χ3v) is 2.17. The Labute approximate surface area is 112 Å². The van der Waals surface area contributed by atoms with E-state index in [1.165, 1.54) is 18.5 Å². The first-order valence-electron chi connectivity index (χ1n) is 5.76. The molecule has 4 nitrogen and oxygen atoms in total. The molecule has 0 saturated heterocycles. The molecule has 98 valence electrons. The highest BCUT2D eigenvalue weighted by molar-refractivity contribution is 5.87. The van der Waals surface area contributed by atoms with Crippen LogP contribution in [0, 0.1) is 0 Å². The zero-order valence-electron chi connectivity index (χ0n) is 10.4. The quantitative estimate of drug-likeness (QED) is 0.465. The summed E-state index contributed by atoms with van der Waals surface area (Å²) in [4.78, 5) is 14.5. The Balaban J connectivity index is 2.45. The number of hydrogen-bond acceptors (Lipinski definition) is 3. The molecule has 1 aromatic carbocycles. The van der Waals surface area contributed by atoms with Gasteiger partial charge < -0.3 is 10.8 Å². The van der Waals surface area contributed by atoms with Gasteiger partial charge in [-0.2, -0.15) is 0 Å². The number of carbonyl (C=O) groups is 1. The zero-order chi connectivity index (χ0) is 13.9. The van der Waals surface area contributed by atoms with Gasteiger partial charge in [-0.15, -0.1) is 0 Å². The maximum absolute atomic E-state index is 10.3. The molecule has 0 aliphatic rings. The maximum Gasteiger partial charge on any atom is 0.328 e. The molecule has 0 atom stereocenters. The fraction of sp³-hybridized carbons (Fsp3) is 0.0667. The van der Waals surface area contributed by atoms with Crippen LogP contribution in [0.2, 0.25) is 0 Å². The predicted molar refractivity (Wildman–Crippen MR) is 77.9 cm³/mol.